The average molecular weight is 344 g/mol. The van der Waals surface area contributed by atoms with Gasteiger partial charge in [-0.15, -0.1) is 0 Å². The molecule has 0 bridgehead atoms. The van der Waals surface area contributed by atoms with Gasteiger partial charge in [-0.25, -0.2) is 0 Å². The molecule has 0 saturated carbocycles. The summed E-state index contributed by atoms with van der Waals surface area (Å²) >= 11 is 5.73. The summed E-state index contributed by atoms with van der Waals surface area (Å²) in [6.07, 6.45) is -5.67. The van der Waals surface area contributed by atoms with Crippen molar-refractivity contribution in [3.8, 4) is 0 Å². The topological polar surface area (TPSA) is 49.3 Å². The number of anilines is 1. The lowest BCUT2D eigenvalue weighted by Crippen LogP contribution is -2.15. The van der Waals surface area contributed by atoms with Crippen molar-refractivity contribution in [1.82, 2.24) is 0 Å². The number of hydrogen-bond donors (Lipinski definition) is 2. The maximum Gasteiger partial charge on any atom is 0.416 e. The van der Waals surface area contributed by atoms with Gasteiger partial charge in [0.2, 0.25) is 5.91 Å². The van der Waals surface area contributed by atoms with Crippen LogP contribution in [0.15, 0.2) is 48.5 Å². The maximum atomic E-state index is 12.4. The lowest BCUT2D eigenvalue weighted by molar-refractivity contribution is -0.137. The summed E-state index contributed by atoms with van der Waals surface area (Å²) in [5.74, 6) is -0.507. The molecule has 1 atom stereocenters. The lowest BCUT2D eigenvalue weighted by Gasteiger charge is -2.12. The van der Waals surface area contributed by atoms with E-state index in [1.54, 1.807) is 24.3 Å². The Labute approximate surface area is 135 Å². The molecule has 1 amide bonds. The number of aliphatic hydroxyl groups is 1. The fourth-order valence-corrected chi connectivity index (χ4v) is 2.06. The van der Waals surface area contributed by atoms with Crippen molar-refractivity contribution in [2.45, 2.75) is 18.7 Å². The van der Waals surface area contributed by atoms with Crippen LogP contribution >= 0.6 is 11.6 Å². The zero-order valence-electron chi connectivity index (χ0n) is 11.8. The first-order chi connectivity index (χ1) is 10.8. The fourth-order valence-electron chi connectivity index (χ4n) is 1.93. The van der Waals surface area contributed by atoms with Crippen LogP contribution in [-0.2, 0) is 11.0 Å². The molecule has 23 heavy (non-hydrogen) atoms. The predicted molar refractivity (Wildman–Crippen MR) is 81.1 cm³/mol. The third kappa shape index (κ3) is 4.97. The number of rotatable bonds is 4. The number of alkyl halides is 3. The molecule has 2 N–H and O–H groups in total. The van der Waals surface area contributed by atoms with Gasteiger partial charge in [0.05, 0.1) is 18.1 Å². The van der Waals surface area contributed by atoms with Crippen molar-refractivity contribution in [1.29, 1.82) is 0 Å². The second-order valence-corrected chi connectivity index (χ2v) is 5.33. The summed E-state index contributed by atoms with van der Waals surface area (Å²) in [6, 6.07) is 10.5. The molecule has 0 radical (unpaired) electrons. The van der Waals surface area contributed by atoms with Crippen molar-refractivity contribution < 1.29 is 23.1 Å². The summed E-state index contributed by atoms with van der Waals surface area (Å²) in [5.41, 5.74) is -0.0417. The van der Waals surface area contributed by atoms with Crippen LogP contribution in [-0.4, -0.2) is 11.0 Å². The number of carbonyl (C=O) groups excluding carboxylic acids is 1. The van der Waals surface area contributed by atoms with E-state index in [0.29, 0.717) is 10.6 Å². The standard InChI is InChI=1S/C16H13ClF3NO2/c17-12-5-1-10(2-6-12)14(22)9-15(23)21-13-7-3-11(4-8-13)16(18,19)20/h1-8,14,22H,9H2,(H,21,23). The molecule has 122 valence electrons. The van der Waals surface area contributed by atoms with Gasteiger partial charge < -0.3 is 10.4 Å². The zero-order valence-corrected chi connectivity index (χ0v) is 12.5. The van der Waals surface area contributed by atoms with Crippen molar-refractivity contribution in [3.05, 3.63) is 64.7 Å². The number of halogens is 4. The number of nitrogens with one attached hydrogen (secondary N) is 1. The van der Waals surface area contributed by atoms with E-state index in [2.05, 4.69) is 5.32 Å². The highest BCUT2D eigenvalue weighted by molar-refractivity contribution is 6.30. The molecule has 1 unspecified atom stereocenters. The lowest BCUT2D eigenvalue weighted by atomic mass is 10.1. The van der Waals surface area contributed by atoms with Crippen LogP contribution in [0.4, 0.5) is 18.9 Å². The van der Waals surface area contributed by atoms with E-state index in [1.165, 1.54) is 0 Å². The Morgan fingerprint density at radius 2 is 1.65 bits per heavy atom. The molecule has 0 heterocycles. The minimum absolute atomic E-state index is 0.220. The van der Waals surface area contributed by atoms with Gasteiger partial charge in [0.1, 0.15) is 0 Å². The molecule has 2 aromatic rings. The first-order valence-electron chi connectivity index (χ1n) is 6.66. The highest BCUT2D eigenvalue weighted by atomic mass is 35.5. The van der Waals surface area contributed by atoms with E-state index in [4.69, 9.17) is 11.6 Å². The van der Waals surface area contributed by atoms with Crippen molar-refractivity contribution in [2.24, 2.45) is 0 Å². The Hall–Kier alpha value is -2.05. The molecule has 2 aromatic carbocycles. The predicted octanol–water partition coefficient (Wildman–Crippen LogP) is 4.42. The third-order valence-electron chi connectivity index (χ3n) is 3.13. The number of aliphatic hydroxyl groups excluding tert-OH is 1. The Kier molecular flexibility index (Phi) is 5.28. The van der Waals surface area contributed by atoms with Crippen LogP contribution in [0.5, 0.6) is 0 Å². The summed E-state index contributed by atoms with van der Waals surface area (Å²) in [5, 5.41) is 12.9. The van der Waals surface area contributed by atoms with Gasteiger partial charge in [-0.1, -0.05) is 23.7 Å². The molecule has 3 nitrogen and oxygen atoms in total. The monoisotopic (exact) mass is 343 g/mol. The fraction of sp³-hybridized carbons (Fsp3) is 0.188. The van der Waals surface area contributed by atoms with E-state index in [1.807, 2.05) is 0 Å². The van der Waals surface area contributed by atoms with E-state index < -0.39 is 23.8 Å². The van der Waals surface area contributed by atoms with Crippen LogP contribution in [0, 0.1) is 0 Å². The Balaban J connectivity index is 1.95. The van der Waals surface area contributed by atoms with Crippen LogP contribution in [0.25, 0.3) is 0 Å². The second-order valence-electron chi connectivity index (χ2n) is 4.89. The smallest absolute Gasteiger partial charge is 0.388 e. The molecule has 0 aliphatic heterocycles. The molecular weight excluding hydrogens is 331 g/mol. The largest absolute Gasteiger partial charge is 0.416 e. The molecule has 0 saturated heterocycles. The summed E-state index contributed by atoms with van der Waals surface area (Å²) in [7, 11) is 0. The van der Waals surface area contributed by atoms with E-state index in [0.717, 1.165) is 24.3 Å². The van der Waals surface area contributed by atoms with Gasteiger partial charge in [-0.3, -0.25) is 4.79 Å². The van der Waals surface area contributed by atoms with E-state index in [-0.39, 0.29) is 12.1 Å². The minimum atomic E-state index is -4.42. The molecule has 2 rings (SSSR count). The van der Waals surface area contributed by atoms with E-state index >= 15 is 0 Å². The molecule has 7 heteroatoms. The molecule has 0 aliphatic rings. The van der Waals surface area contributed by atoms with Crippen molar-refractivity contribution >= 4 is 23.2 Å². The highest BCUT2D eigenvalue weighted by Crippen LogP contribution is 2.30. The number of carbonyl (C=O) groups is 1. The van der Waals surface area contributed by atoms with Crippen LogP contribution in [0.1, 0.15) is 23.7 Å². The van der Waals surface area contributed by atoms with Gasteiger partial charge in [0, 0.05) is 10.7 Å². The van der Waals surface area contributed by atoms with Crippen LogP contribution in [0.2, 0.25) is 5.02 Å². The Bertz CT molecular complexity index is 669. The summed E-state index contributed by atoms with van der Waals surface area (Å²) in [4.78, 5) is 11.8. The number of amides is 1. The van der Waals surface area contributed by atoms with Gasteiger partial charge in [0.25, 0.3) is 0 Å². The first-order valence-corrected chi connectivity index (χ1v) is 7.04. The molecule has 0 fully saturated rings. The van der Waals surface area contributed by atoms with Crippen LogP contribution in [0.3, 0.4) is 0 Å². The Morgan fingerprint density at radius 3 is 2.17 bits per heavy atom. The third-order valence-corrected chi connectivity index (χ3v) is 3.38. The Morgan fingerprint density at radius 1 is 1.09 bits per heavy atom. The quantitative estimate of drug-likeness (QED) is 0.863. The summed E-state index contributed by atoms with van der Waals surface area (Å²) in [6.45, 7) is 0. The molecule has 0 aliphatic carbocycles. The normalized spacial score (nSPS) is 12.7. The second kappa shape index (κ2) is 7.02. The van der Waals surface area contributed by atoms with Gasteiger partial charge in [0.15, 0.2) is 0 Å². The van der Waals surface area contributed by atoms with E-state index in [9.17, 15) is 23.1 Å². The van der Waals surface area contributed by atoms with Crippen molar-refractivity contribution in [2.75, 3.05) is 5.32 Å². The van der Waals surface area contributed by atoms with Gasteiger partial charge >= 0.3 is 6.18 Å². The van der Waals surface area contributed by atoms with Crippen molar-refractivity contribution in [3.63, 3.8) is 0 Å². The average Bonchev–Trinajstić information content (AvgIpc) is 2.47. The van der Waals surface area contributed by atoms with Gasteiger partial charge in [-0.05, 0) is 42.0 Å². The maximum absolute atomic E-state index is 12.4. The SMILES string of the molecule is O=C(CC(O)c1ccc(Cl)cc1)Nc1ccc(C(F)(F)F)cc1. The first kappa shape index (κ1) is 17.3. The van der Waals surface area contributed by atoms with Crippen LogP contribution < -0.4 is 5.32 Å². The summed E-state index contributed by atoms with van der Waals surface area (Å²) < 4.78 is 37.3. The molecular formula is C16H13ClF3NO2. The highest BCUT2D eigenvalue weighted by Gasteiger charge is 2.30. The minimum Gasteiger partial charge on any atom is -0.388 e. The molecule has 0 aromatic heterocycles. The number of hydrogen-bond acceptors (Lipinski definition) is 2. The number of benzene rings is 2. The zero-order chi connectivity index (χ0) is 17.0. The molecule has 0 spiro atoms. The van der Waals surface area contributed by atoms with Gasteiger partial charge in [-0.2, -0.15) is 13.2 Å².